The average molecular weight is 244 g/mol. The van der Waals surface area contributed by atoms with Crippen molar-refractivity contribution in [2.24, 2.45) is 0 Å². The maximum atomic E-state index is 12.0. The van der Waals surface area contributed by atoms with Gasteiger partial charge in [-0.1, -0.05) is 11.2 Å². The molecule has 1 aromatic carbocycles. The van der Waals surface area contributed by atoms with Crippen LogP contribution in [0.1, 0.15) is 32.9 Å². The second-order valence-corrected chi connectivity index (χ2v) is 4.47. The first kappa shape index (κ1) is 12.4. The minimum absolute atomic E-state index is 0.243. The molecule has 0 unspecified atom stereocenters. The van der Waals surface area contributed by atoms with Crippen LogP contribution in [0, 0.1) is 27.7 Å². The third-order valence-electron chi connectivity index (χ3n) is 3.14. The second kappa shape index (κ2) is 4.64. The molecule has 0 fully saturated rings. The summed E-state index contributed by atoms with van der Waals surface area (Å²) in [6.45, 7) is 7.65. The molecule has 0 aliphatic carbocycles. The molecule has 0 aliphatic heterocycles. The summed E-state index contributed by atoms with van der Waals surface area (Å²) >= 11 is 0. The number of nitrogens with zero attached hydrogens (tertiary/aromatic N) is 1. The first-order valence-corrected chi connectivity index (χ1v) is 5.80. The van der Waals surface area contributed by atoms with Gasteiger partial charge in [-0.25, -0.2) is 0 Å². The number of nitrogens with one attached hydrogen (secondary N) is 1. The highest BCUT2D eigenvalue weighted by Crippen LogP contribution is 2.17. The number of aromatic nitrogens is 1. The van der Waals surface area contributed by atoms with Crippen LogP contribution < -0.4 is 5.32 Å². The number of hydrogen-bond donors (Lipinski definition) is 1. The van der Waals surface area contributed by atoms with Gasteiger partial charge in [0.15, 0.2) is 5.69 Å². The number of amides is 1. The molecule has 94 valence electrons. The van der Waals surface area contributed by atoms with Gasteiger partial charge >= 0.3 is 0 Å². The molecule has 2 aromatic rings. The summed E-state index contributed by atoms with van der Waals surface area (Å²) in [4.78, 5) is 12.0. The van der Waals surface area contributed by atoms with Crippen LogP contribution in [-0.4, -0.2) is 11.1 Å². The average Bonchev–Trinajstić information content (AvgIpc) is 2.65. The SMILES string of the molecule is Cc1ccc(NC(=O)c2noc(C)c2C)cc1C. The van der Waals surface area contributed by atoms with Gasteiger partial charge in [-0.3, -0.25) is 4.79 Å². The predicted molar refractivity (Wildman–Crippen MR) is 69.8 cm³/mol. The molecule has 1 aromatic heterocycles. The predicted octanol–water partition coefficient (Wildman–Crippen LogP) is 3.16. The van der Waals surface area contributed by atoms with Crippen molar-refractivity contribution in [3.8, 4) is 0 Å². The van der Waals surface area contributed by atoms with E-state index < -0.39 is 0 Å². The Hall–Kier alpha value is -2.10. The lowest BCUT2D eigenvalue weighted by molar-refractivity contribution is 0.101. The first-order chi connectivity index (χ1) is 8.49. The van der Waals surface area contributed by atoms with Crippen LogP contribution in [0.2, 0.25) is 0 Å². The van der Waals surface area contributed by atoms with Crippen LogP contribution in [0.25, 0.3) is 0 Å². The molecule has 1 heterocycles. The van der Waals surface area contributed by atoms with Crippen LogP contribution in [0.4, 0.5) is 5.69 Å². The minimum Gasteiger partial charge on any atom is -0.361 e. The molecule has 1 amide bonds. The maximum Gasteiger partial charge on any atom is 0.278 e. The van der Waals surface area contributed by atoms with Gasteiger partial charge in [0.05, 0.1) is 0 Å². The fourth-order valence-corrected chi connectivity index (χ4v) is 1.64. The molecule has 4 heteroatoms. The summed E-state index contributed by atoms with van der Waals surface area (Å²) in [5.74, 6) is 0.424. The molecule has 1 N–H and O–H groups in total. The Kier molecular flexibility index (Phi) is 3.19. The molecule has 0 bridgehead atoms. The number of aryl methyl sites for hydroxylation is 3. The molecule has 0 saturated heterocycles. The van der Waals surface area contributed by atoms with Gasteiger partial charge in [0, 0.05) is 11.3 Å². The monoisotopic (exact) mass is 244 g/mol. The smallest absolute Gasteiger partial charge is 0.278 e. The van der Waals surface area contributed by atoms with E-state index in [4.69, 9.17) is 4.52 Å². The van der Waals surface area contributed by atoms with Gasteiger partial charge in [-0.15, -0.1) is 0 Å². The van der Waals surface area contributed by atoms with Crippen molar-refractivity contribution in [3.05, 3.63) is 46.3 Å². The van der Waals surface area contributed by atoms with E-state index in [0.29, 0.717) is 11.5 Å². The Morgan fingerprint density at radius 2 is 1.89 bits per heavy atom. The number of hydrogen-bond acceptors (Lipinski definition) is 3. The van der Waals surface area contributed by atoms with E-state index in [1.54, 1.807) is 6.92 Å². The van der Waals surface area contributed by atoms with Gasteiger partial charge in [0.25, 0.3) is 5.91 Å². The fraction of sp³-hybridized carbons (Fsp3) is 0.286. The van der Waals surface area contributed by atoms with Crippen LogP contribution in [0.15, 0.2) is 22.7 Å². The van der Waals surface area contributed by atoms with Crippen molar-refractivity contribution in [1.82, 2.24) is 5.16 Å². The summed E-state index contributed by atoms with van der Waals surface area (Å²) in [5, 5.41) is 6.58. The molecule has 4 nitrogen and oxygen atoms in total. The van der Waals surface area contributed by atoms with E-state index >= 15 is 0 Å². The minimum atomic E-state index is -0.243. The molecular weight excluding hydrogens is 228 g/mol. The molecule has 0 saturated carbocycles. The van der Waals surface area contributed by atoms with E-state index in [0.717, 1.165) is 16.8 Å². The van der Waals surface area contributed by atoms with Crippen LogP contribution in [0.3, 0.4) is 0 Å². The topological polar surface area (TPSA) is 55.1 Å². The van der Waals surface area contributed by atoms with E-state index in [-0.39, 0.29) is 5.91 Å². The zero-order chi connectivity index (χ0) is 13.3. The lowest BCUT2D eigenvalue weighted by atomic mass is 10.1. The highest BCUT2D eigenvalue weighted by molar-refractivity contribution is 6.03. The third kappa shape index (κ3) is 2.27. The van der Waals surface area contributed by atoms with Gasteiger partial charge in [-0.05, 0) is 51.0 Å². The summed E-state index contributed by atoms with van der Waals surface area (Å²) < 4.78 is 4.99. The zero-order valence-corrected chi connectivity index (χ0v) is 11.0. The summed E-state index contributed by atoms with van der Waals surface area (Å²) in [5.41, 5.74) is 4.22. The number of benzene rings is 1. The Labute approximate surface area is 106 Å². The van der Waals surface area contributed by atoms with E-state index in [1.165, 1.54) is 5.56 Å². The number of anilines is 1. The quantitative estimate of drug-likeness (QED) is 0.882. The molecule has 2 rings (SSSR count). The van der Waals surface area contributed by atoms with E-state index in [2.05, 4.69) is 10.5 Å². The van der Waals surface area contributed by atoms with Gasteiger partial charge < -0.3 is 9.84 Å². The standard InChI is InChI=1S/C14H16N2O2/c1-8-5-6-12(7-9(8)2)15-14(17)13-10(3)11(4)18-16-13/h5-7H,1-4H3,(H,15,17). The van der Waals surface area contributed by atoms with E-state index in [9.17, 15) is 4.79 Å². The Balaban J connectivity index is 2.21. The van der Waals surface area contributed by atoms with Crippen molar-refractivity contribution in [2.75, 3.05) is 5.32 Å². The lowest BCUT2D eigenvalue weighted by Crippen LogP contribution is -2.13. The molecular formula is C14H16N2O2. The highest BCUT2D eigenvalue weighted by Gasteiger charge is 2.16. The molecule has 0 spiro atoms. The first-order valence-electron chi connectivity index (χ1n) is 5.80. The summed E-state index contributed by atoms with van der Waals surface area (Å²) in [7, 11) is 0. The Morgan fingerprint density at radius 3 is 2.44 bits per heavy atom. The largest absolute Gasteiger partial charge is 0.361 e. The highest BCUT2D eigenvalue weighted by atomic mass is 16.5. The molecule has 0 aliphatic rings. The Bertz CT molecular complexity index is 600. The lowest BCUT2D eigenvalue weighted by Gasteiger charge is -2.06. The summed E-state index contributed by atoms with van der Waals surface area (Å²) in [6.07, 6.45) is 0. The van der Waals surface area contributed by atoms with Crippen molar-refractivity contribution in [1.29, 1.82) is 0 Å². The van der Waals surface area contributed by atoms with Crippen molar-refractivity contribution < 1.29 is 9.32 Å². The van der Waals surface area contributed by atoms with Gasteiger partial charge in [-0.2, -0.15) is 0 Å². The molecule has 0 radical (unpaired) electrons. The van der Waals surface area contributed by atoms with E-state index in [1.807, 2.05) is 39.0 Å². The third-order valence-corrected chi connectivity index (χ3v) is 3.14. The summed E-state index contributed by atoms with van der Waals surface area (Å²) in [6, 6.07) is 5.80. The van der Waals surface area contributed by atoms with Gasteiger partial charge in [0.1, 0.15) is 5.76 Å². The number of rotatable bonds is 2. The van der Waals surface area contributed by atoms with Crippen molar-refractivity contribution in [2.45, 2.75) is 27.7 Å². The second-order valence-electron chi connectivity index (χ2n) is 4.47. The fourth-order valence-electron chi connectivity index (χ4n) is 1.64. The normalized spacial score (nSPS) is 10.4. The number of carbonyl (C=O) groups excluding carboxylic acids is 1. The maximum absolute atomic E-state index is 12.0. The van der Waals surface area contributed by atoms with Crippen molar-refractivity contribution in [3.63, 3.8) is 0 Å². The molecule has 18 heavy (non-hydrogen) atoms. The van der Waals surface area contributed by atoms with Crippen LogP contribution >= 0.6 is 0 Å². The molecule has 0 atom stereocenters. The zero-order valence-electron chi connectivity index (χ0n) is 11.0. The van der Waals surface area contributed by atoms with Crippen LogP contribution in [-0.2, 0) is 0 Å². The number of carbonyl (C=O) groups is 1. The van der Waals surface area contributed by atoms with Crippen molar-refractivity contribution >= 4 is 11.6 Å². The van der Waals surface area contributed by atoms with Crippen LogP contribution in [0.5, 0.6) is 0 Å². The Morgan fingerprint density at radius 1 is 1.17 bits per heavy atom. The van der Waals surface area contributed by atoms with Gasteiger partial charge in [0.2, 0.25) is 0 Å².